The molecule has 0 aromatic heterocycles. The smallest absolute Gasteiger partial charge is 0.159 e. The minimum Gasteiger partial charge on any atom is -0.393 e. The van der Waals surface area contributed by atoms with Gasteiger partial charge in [0.15, 0.2) is 5.78 Å². The van der Waals surface area contributed by atoms with E-state index >= 15 is 4.39 Å². The Bertz CT molecular complexity index is 1340. The van der Waals surface area contributed by atoms with Crippen molar-refractivity contribution in [2.24, 2.45) is 39.4 Å². The summed E-state index contributed by atoms with van der Waals surface area (Å²) >= 11 is 0. The molecule has 4 fully saturated rings. The maximum absolute atomic E-state index is 15.1. The number of carbonyl (C=O) groups excluding carboxylic acids is 1. The van der Waals surface area contributed by atoms with Crippen LogP contribution in [-0.2, 0) is 12.8 Å². The predicted octanol–water partition coefficient (Wildman–Crippen LogP) is 10.5. The van der Waals surface area contributed by atoms with E-state index in [1.807, 2.05) is 24.3 Å². The molecule has 0 amide bonds. The van der Waals surface area contributed by atoms with Crippen LogP contribution in [0.1, 0.15) is 145 Å². The largest absolute Gasteiger partial charge is 0.393 e. The average molecular weight is 601 g/mol. The van der Waals surface area contributed by atoms with Crippen LogP contribution in [0.15, 0.2) is 42.5 Å². The van der Waals surface area contributed by atoms with Crippen molar-refractivity contribution >= 4 is 5.78 Å². The highest BCUT2D eigenvalue weighted by atomic mass is 19.1. The van der Waals surface area contributed by atoms with Crippen LogP contribution in [-0.4, -0.2) is 17.0 Å². The number of hydrogen-bond donors (Lipinski definition) is 1. The number of ketones is 1. The molecule has 0 aliphatic heterocycles. The number of fused-ring (bicyclic) bond motifs is 4. The van der Waals surface area contributed by atoms with Crippen LogP contribution in [0.25, 0.3) is 0 Å². The van der Waals surface area contributed by atoms with E-state index < -0.39 is 0 Å². The summed E-state index contributed by atoms with van der Waals surface area (Å²) in [5.41, 5.74) is 4.87. The summed E-state index contributed by atoms with van der Waals surface area (Å²) in [6, 6.07) is 13.6. The zero-order valence-corrected chi connectivity index (χ0v) is 28.2. The number of Topliss-reactive ketones (excluding diaryl/α,β-unsaturated/α-hetero) is 1. The zero-order valence-electron chi connectivity index (χ0n) is 28.2. The maximum atomic E-state index is 15.1. The number of aliphatic hydroxyl groups is 1. The highest BCUT2D eigenvalue weighted by Crippen LogP contribution is 2.67. The molecule has 240 valence electrons. The van der Waals surface area contributed by atoms with Crippen molar-refractivity contribution in [3.63, 3.8) is 0 Å². The van der Waals surface area contributed by atoms with Gasteiger partial charge in [0.2, 0.25) is 0 Å². The maximum Gasteiger partial charge on any atom is 0.159 e. The summed E-state index contributed by atoms with van der Waals surface area (Å²) in [4.78, 5) is 11.7. The second-order valence-corrected chi connectivity index (χ2v) is 16.9. The Morgan fingerprint density at radius 2 is 1.50 bits per heavy atom. The standard InChI is InChI=1S/C41H57FO2/c1-28(43)31-14-11-29(12-15-31)25-32-26-30(13-16-34(32)42)27-41-20-7-6-10-36-39(4,22-17-33(41)9-8-21-41)23-18-35-38(2,3)37(44)19-24-40(35,36)5/h11-16,26,33,35-37,44H,6-10,17-25,27H2,1-5H3. The number of hydrogen-bond acceptors (Lipinski definition) is 2. The molecule has 4 saturated carbocycles. The Morgan fingerprint density at radius 3 is 2.25 bits per heavy atom. The molecule has 0 bridgehead atoms. The van der Waals surface area contributed by atoms with Crippen molar-refractivity contribution in [3.8, 4) is 0 Å². The molecule has 1 N–H and O–H groups in total. The summed E-state index contributed by atoms with van der Waals surface area (Å²) in [5, 5.41) is 11.0. The molecule has 2 nitrogen and oxygen atoms in total. The van der Waals surface area contributed by atoms with Gasteiger partial charge in [-0.1, -0.05) is 83.4 Å². The lowest BCUT2D eigenvalue weighted by Gasteiger charge is -2.64. The minimum atomic E-state index is -0.164. The highest BCUT2D eigenvalue weighted by Gasteiger charge is 2.60. The fraction of sp³-hybridized carbons (Fsp3) is 0.683. The summed E-state index contributed by atoms with van der Waals surface area (Å²) in [6.07, 6.45) is 18.1. The Kier molecular flexibility index (Phi) is 8.70. The fourth-order valence-electron chi connectivity index (χ4n) is 11.6. The van der Waals surface area contributed by atoms with E-state index in [9.17, 15) is 9.90 Å². The lowest BCUT2D eigenvalue weighted by Crippen LogP contribution is -2.58. The summed E-state index contributed by atoms with van der Waals surface area (Å²) in [6.45, 7) is 11.5. The van der Waals surface area contributed by atoms with Crippen LogP contribution in [0, 0.1) is 45.2 Å². The van der Waals surface area contributed by atoms with Crippen LogP contribution in [0.3, 0.4) is 0 Å². The van der Waals surface area contributed by atoms with E-state index in [-0.39, 0.29) is 23.1 Å². The molecular formula is C41H57FO2. The molecule has 2 aromatic carbocycles. The first-order valence-corrected chi connectivity index (χ1v) is 17.9. The van der Waals surface area contributed by atoms with Gasteiger partial charge in [0.1, 0.15) is 5.82 Å². The molecule has 0 spiro atoms. The lowest BCUT2D eigenvalue weighted by atomic mass is 9.41. The van der Waals surface area contributed by atoms with Gasteiger partial charge in [-0.2, -0.15) is 0 Å². The second-order valence-electron chi connectivity index (χ2n) is 16.9. The first kappa shape index (κ1) is 32.0. The highest BCUT2D eigenvalue weighted by molar-refractivity contribution is 5.94. The van der Waals surface area contributed by atoms with E-state index in [2.05, 4.69) is 39.8 Å². The van der Waals surface area contributed by atoms with Gasteiger partial charge in [0.25, 0.3) is 0 Å². The van der Waals surface area contributed by atoms with Gasteiger partial charge in [0.05, 0.1) is 6.10 Å². The Morgan fingerprint density at radius 1 is 0.795 bits per heavy atom. The first-order valence-electron chi connectivity index (χ1n) is 17.9. The van der Waals surface area contributed by atoms with Gasteiger partial charge < -0.3 is 5.11 Å². The van der Waals surface area contributed by atoms with Crippen LogP contribution in [0.5, 0.6) is 0 Å². The van der Waals surface area contributed by atoms with Gasteiger partial charge >= 0.3 is 0 Å². The lowest BCUT2D eigenvalue weighted by molar-refractivity contribution is -0.175. The predicted molar refractivity (Wildman–Crippen MR) is 178 cm³/mol. The third-order valence-electron chi connectivity index (χ3n) is 14.1. The number of rotatable bonds is 5. The molecule has 44 heavy (non-hydrogen) atoms. The molecule has 4 aliphatic rings. The number of carbonyl (C=O) groups is 1. The third kappa shape index (κ3) is 5.73. The first-order chi connectivity index (χ1) is 20.9. The number of benzene rings is 2. The molecule has 2 aromatic rings. The molecule has 0 heterocycles. The molecule has 6 rings (SSSR count). The quantitative estimate of drug-likeness (QED) is 0.347. The van der Waals surface area contributed by atoms with Crippen molar-refractivity contribution in [2.75, 3.05) is 0 Å². The zero-order chi connectivity index (χ0) is 31.3. The topological polar surface area (TPSA) is 37.3 Å². The molecule has 7 atom stereocenters. The average Bonchev–Trinajstić information content (AvgIpc) is 3.37. The summed E-state index contributed by atoms with van der Waals surface area (Å²) in [7, 11) is 0. The van der Waals surface area contributed by atoms with Crippen LogP contribution >= 0.6 is 0 Å². The van der Waals surface area contributed by atoms with Crippen molar-refractivity contribution in [1.82, 2.24) is 0 Å². The Hall–Kier alpha value is -2.00. The molecule has 0 saturated heterocycles. The van der Waals surface area contributed by atoms with E-state index in [4.69, 9.17) is 0 Å². The SMILES string of the molecule is CC(=O)c1ccc(Cc2cc(CC34CCCCC5C(C)(CCC3CCC4)CCC3C(C)(C)C(O)CCC53C)ccc2F)cc1. The van der Waals surface area contributed by atoms with E-state index in [0.717, 1.165) is 35.8 Å². The summed E-state index contributed by atoms with van der Waals surface area (Å²) in [5.74, 6) is 2.05. The molecular weight excluding hydrogens is 543 g/mol. The normalized spacial score (nSPS) is 37.0. The Balaban J connectivity index is 1.21. The molecule has 3 heteroatoms. The van der Waals surface area contributed by atoms with E-state index in [1.54, 1.807) is 13.0 Å². The van der Waals surface area contributed by atoms with Crippen molar-refractivity contribution in [3.05, 3.63) is 70.5 Å². The Labute approximate surface area is 266 Å². The molecule has 7 unspecified atom stereocenters. The van der Waals surface area contributed by atoms with Gasteiger partial charge in [-0.15, -0.1) is 0 Å². The van der Waals surface area contributed by atoms with Crippen LogP contribution in [0.4, 0.5) is 4.39 Å². The van der Waals surface area contributed by atoms with Crippen molar-refractivity contribution in [1.29, 1.82) is 0 Å². The monoisotopic (exact) mass is 600 g/mol. The molecule has 0 radical (unpaired) electrons. The van der Waals surface area contributed by atoms with Crippen LogP contribution in [0.2, 0.25) is 0 Å². The van der Waals surface area contributed by atoms with E-state index in [1.165, 1.54) is 82.6 Å². The number of aliphatic hydroxyl groups excluding tert-OH is 1. The van der Waals surface area contributed by atoms with Gasteiger partial charge in [-0.05, 0) is 140 Å². The third-order valence-corrected chi connectivity index (χ3v) is 14.1. The van der Waals surface area contributed by atoms with Gasteiger partial charge in [-0.25, -0.2) is 4.39 Å². The summed E-state index contributed by atoms with van der Waals surface area (Å²) < 4.78 is 15.1. The minimum absolute atomic E-state index is 0.0102. The van der Waals surface area contributed by atoms with Crippen LogP contribution < -0.4 is 0 Å². The van der Waals surface area contributed by atoms with Gasteiger partial charge in [-0.3, -0.25) is 4.79 Å². The second kappa shape index (κ2) is 12.0. The molecule has 4 aliphatic carbocycles. The van der Waals surface area contributed by atoms with Crippen molar-refractivity contribution < 1.29 is 14.3 Å². The van der Waals surface area contributed by atoms with Gasteiger partial charge in [0, 0.05) is 12.0 Å². The van der Waals surface area contributed by atoms with E-state index in [0.29, 0.717) is 34.1 Å². The fourth-order valence-corrected chi connectivity index (χ4v) is 11.6. The van der Waals surface area contributed by atoms with Crippen molar-refractivity contribution in [2.45, 2.75) is 137 Å². The number of halogens is 1.